The minimum absolute atomic E-state index is 0.00937. The number of ether oxygens (including phenoxy) is 1. The molecule has 3 atom stereocenters. The van der Waals surface area contributed by atoms with Crippen molar-refractivity contribution in [3.05, 3.63) is 59.7 Å². The first kappa shape index (κ1) is 23.8. The van der Waals surface area contributed by atoms with Crippen molar-refractivity contribution in [2.45, 2.75) is 37.7 Å². The van der Waals surface area contributed by atoms with Gasteiger partial charge in [0.1, 0.15) is 6.61 Å². The van der Waals surface area contributed by atoms with Gasteiger partial charge in [-0.2, -0.15) is 0 Å². The number of amides is 2. The molecule has 0 spiro atoms. The van der Waals surface area contributed by atoms with Crippen LogP contribution < -0.4 is 10.6 Å². The normalized spacial score (nSPS) is 19.7. The minimum Gasteiger partial charge on any atom is -0.479 e. The quantitative estimate of drug-likeness (QED) is 0.450. The predicted molar refractivity (Wildman–Crippen MR) is 125 cm³/mol. The molecule has 1 fully saturated rings. The molecule has 2 aromatic rings. The molecule has 8 heteroatoms. The Morgan fingerprint density at radius 3 is 2.26 bits per heavy atom. The lowest BCUT2D eigenvalue weighted by Gasteiger charge is -2.20. The third-order valence-electron chi connectivity index (χ3n) is 6.85. The molecule has 180 valence electrons. The number of aliphatic hydroxyl groups excluding tert-OH is 1. The molecule has 0 aliphatic heterocycles. The Hall–Kier alpha value is -3.39. The van der Waals surface area contributed by atoms with Gasteiger partial charge in [0, 0.05) is 31.3 Å². The third kappa shape index (κ3) is 5.22. The van der Waals surface area contributed by atoms with Gasteiger partial charge in [0.2, 0.25) is 5.91 Å². The number of hydrogen-bond donors (Lipinski definition) is 4. The molecule has 0 bridgehead atoms. The number of nitrogens with one attached hydrogen (secondary N) is 2. The highest BCUT2D eigenvalue weighted by atomic mass is 16.5. The predicted octanol–water partition coefficient (Wildman–Crippen LogP) is 2.89. The van der Waals surface area contributed by atoms with Gasteiger partial charge in [-0.05, 0) is 41.0 Å². The first-order chi connectivity index (χ1) is 16.5. The number of rotatable bonds is 9. The van der Waals surface area contributed by atoms with E-state index in [0.29, 0.717) is 13.0 Å². The molecule has 34 heavy (non-hydrogen) atoms. The summed E-state index contributed by atoms with van der Waals surface area (Å²) in [7, 11) is 0. The van der Waals surface area contributed by atoms with Crippen LogP contribution in [0.15, 0.2) is 48.5 Å². The van der Waals surface area contributed by atoms with Crippen molar-refractivity contribution in [1.82, 2.24) is 10.6 Å². The molecule has 0 heterocycles. The van der Waals surface area contributed by atoms with Gasteiger partial charge >= 0.3 is 12.1 Å². The molecule has 8 nitrogen and oxygen atoms in total. The molecule has 0 aromatic heterocycles. The summed E-state index contributed by atoms with van der Waals surface area (Å²) in [6.45, 7) is 0.669. The van der Waals surface area contributed by atoms with E-state index < -0.39 is 18.2 Å². The van der Waals surface area contributed by atoms with Crippen LogP contribution in [0, 0.1) is 11.8 Å². The van der Waals surface area contributed by atoms with Gasteiger partial charge in [-0.25, -0.2) is 9.59 Å². The van der Waals surface area contributed by atoms with Crippen molar-refractivity contribution < 1.29 is 29.3 Å². The number of aliphatic carboxylic acids is 1. The smallest absolute Gasteiger partial charge is 0.407 e. The third-order valence-corrected chi connectivity index (χ3v) is 6.85. The molecule has 2 aliphatic rings. The highest BCUT2D eigenvalue weighted by molar-refractivity contribution is 5.80. The summed E-state index contributed by atoms with van der Waals surface area (Å²) in [5.74, 6) is -1.75. The summed E-state index contributed by atoms with van der Waals surface area (Å²) in [4.78, 5) is 35.6. The fourth-order valence-corrected chi connectivity index (χ4v) is 5.08. The Kier molecular flexibility index (Phi) is 7.47. The standard InChI is InChI=1S/C26H30N2O6/c29-23(25(31)32)12-13-27-24(30)17-11-5-6-16(17)14-28-26(33)34-15-22-20-9-3-1-7-18(20)19-8-2-4-10-21(19)22/h1-4,7-10,16-17,22-23,29H,5-6,11-15H2,(H,27,30)(H,28,33)(H,31,32)/t16-,17-,23?/m1/s1. The lowest BCUT2D eigenvalue weighted by atomic mass is 9.95. The van der Waals surface area contributed by atoms with Crippen molar-refractivity contribution >= 4 is 18.0 Å². The van der Waals surface area contributed by atoms with Crippen molar-refractivity contribution in [2.24, 2.45) is 11.8 Å². The van der Waals surface area contributed by atoms with Gasteiger partial charge in [-0.1, -0.05) is 55.0 Å². The molecule has 2 aliphatic carbocycles. The number of aliphatic hydroxyl groups is 1. The van der Waals surface area contributed by atoms with Crippen LogP contribution in [0.3, 0.4) is 0 Å². The van der Waals surface area contributed by atoms with Crippen molar-refractivity contribution in [3.8, 4) is 11.1 Å². The molecule has 1 saturated carbocycles. The van der Waals surface area contributed by atoms with E-state index in [4.69, 9.17) is 9.84 Å². The second-order valence-electron chi connectivity index (χ2n) is 8.94. The molecular weight excluding hydrogens is 436 g/mol. The summed E-state index contributed by atoms with van der Waals surface area (Å²) in [6, 6.07) is 16.3. The monoisotopic (exact) mass is 466 g/mol. The van der Waals surface area contributed by atoms with Gasteiger partial charge in [0.25, 0.3) is 0 Å². The summed E-state index contributed by atoms with van der Waals surface area (Å²) in [6.07, 6.45) is 0.375. The highest BCUT2D eigenvalue weighted by Crippen LogP contribution is 2.44. The van der Waals surface area contributed by atoms with Crippen LogP contribution in [-0.4, -0.2) is 54.0 Å². The van der Waals surface area contributed by atoms with E-state index >= 15 is 0 Å². The topological polar surface area (TPSA) is 125 Å². The average molecular weight is 467 g/mol. The Labute approximate surface area is 198 Å². The summed E-state index contributed by atoms with van der Waals surface area (Å²) in [5, 5.41) is 23.6. The second kappa shape index (κ2) is 10.7. The van der Waals surface area contributed by atoms with E-state index in [0.717, 1.165) is 24.0 Å². The average Bonchev–Trinajstić information content (AvgIpc) is 3.44. The maximum absolute atomic E-state index is 12.5. The Morgan fingerprint density at radius 2 is 1.62 bits per heavy atom. The van der Waals surface area contributed by atoms with Crippen molar-refractivity contribution in [1.29, 1.82) is 0 Å². The lowest BCUT2D eigenvalue weighted by molar-refractivity contribution is -0.147. The lowest BCUT2D eigenvalue weighted by Crippen LogP contribution is -2.39. The molecule has 1 unspecified atom stereocenters. The van der Waals surface area contributed by atoms with Crippen molar-refractivity contribution in [2.75, 3.05) is 19.7 Å². The van der Waals surface area contributed by atoms with Gasteiger partial charge in [-0.15, -0.1) is 0 Å². The van der Waals surface area contributed by atoms with Crippen LogP contribution in [0.25, 0.3) is 11.1 Å². The zero-order chi connectivity index (χ0) is 24.1. The number of carboxylic acids is 1. The molecule has 4 rings (SSSR count). The van der Waals surface area contributed by atoms with Crippen LogP contribution in [0.5, 0.6) is 0 Å². The summed E-state index contributed by atoms with van der Waals surface area (Å²) >= 11 is 0. The van der Waals surface area contributed by atoms with Gasteiger partial charge in [-0.3, -0.25) is 4.79 Å². The molecule has 0 saturated heterocycles. The zero-order valence-corrected chi connectivity index (χ0v) is 18.9. The number of hydrogen-bond acceptors (Lipinski definition) is 5. The molecule has 2 aromatic carbocycles. The van der Waals surface area contributed by atoms with Gasteiger partial charge in [0.15, 0.2) is 6.10 Å². The number of benzene rings is 2. The fourth-order valence-electron chi connectivity index (χ4n) is 5.08. The Balaban J connectivity index is 1.26. The van der Waals surface area contributed by atoms with E-state index in [2.05, 4.69) is 34.9 Å². The minimum atomic E-state index is -1.49. The first-order valence-corrected chi connectivity index (χ1v) is 11.7. The number of fused-ring (bicyclic) bond motifs is 3. The fraction of sp³-hybridized carbons (Fsp3) is 0.423. The molecular formula is C26H30N2O6. The Bertz CT molecular complexity index is 1010. The zero-order valence-electron chi connectivity index (χ0n) is 18.9. The van der Waals surface area contributed by atoms with E-state index in [1.54, 1.807) is 0 Å². The summed E-state index contributed by atoms with van der Waals surface area (Å²) in [5.41, 5.74) is 4.64. The van der Waals surface area contributed by atoms with Crippen LogP contribution in [0.4, 0.5) is 4.79 Å². The Morgan fingerprint density at radius 1 is 0.971 bits per heavy atom. The van der Waals surface area contributed by atoms with Crippen LogP contribution in [0.2, 0.25) is 0 Å². The first-order valence-electron chi connectivity index (χ1n) is 11.7. The number of carbonyl (C=O) groups is 3. The number of alkyl carbamates (subject to hydrolysis) is 1. The second-order valence-corrected chi connectivity index (χ2v) is 8.94. The molecule has 0 radical (unpaired) electrons. The summed E-state index contributed by atoms with van der Waals surface area (Å²) < 4.78 is 5.57. The van der Waals surface area contributed by atoms with E-state index in [1.165, 1.54) is 11.1 Å². The van der Waals surface area contributed by atoms with Crippen LogP contribution in [0.1, 0.15) is 42.7 Å². The van der Waals surface area contributed by atoms with E-state index in [9.17, 15) is 19.5 Å². The largest absolute Gasteiger partial charge is 0.479 e. The molecule has 4 N–H and O–H groups in total. The maximum atomic E-state index is 12.5. The highest BCUT2D eigenvalue weighted by Gasteiger charge is 2.33. The van der Waals surface area contributed by atoms with Crippen LogP contribution in [-0.2, 0) is 14.3 Å². The van der Waals surface area contributed by atoms with E-state index in [-0.39, 0.29) is 43.2 Å². The number of carbonyl (C=O) groups excluding carboxylic acids is 2. The van der Waals surface area contributed by atoms with Crippen LogP contribution >= 0.6 is 0 Å². The maximum Gasteiger partial charge on any atom is 0.407 e. The molecule has 2 amide bonds. The number of carboxylic acid groups (broad SMARTS) is 1. The van der Waals surface area contributed by atoms with E-state index in [1.807, 2.05) is 24.3 Å². The SMILES string of the molecule is O=C(NC[C@H]1CCC[C@H]1C(=O)NCCC(O)C(=O)O)OCC1c2ccccc2-c2ccccc21. The van der Waals surface area contributed by atoms with Gasteiger partial charge < -0.3 is 25.6 Å². The van der Waals surface area contributed by atoms with Crippen molar-refractivity contribution in [3.63, 3.8) is 0 Å². The van der Waals surface area contributed by atoms with Gasteiger partial charge in [0.05, 0.1) is 0 Å².